The zero-order valence-corrected chi connectivity index (χ0v) is 13.6. The van der Waals surface area contributed by atoms with E-state index in [0.717, 1.165) is 25.8 Å². The molecule has 0 spiro atoms. The van der Waals surface area contributed by atoms with Crippen molar-refractivity contribution in [1.29, 1.82) is 0 Å². The van der Waals surface area contributed by atoms with Crippen molar-refractivity contribution >= 4 is 28.6 Å². The molecule has 0 aliphatic carbocycles. The number of likely N-dealkylation sites (tertiary alicyclic amines) is 1. The summed E-state index contributed by atoms with van der Waals surface area (Å²) < 4.78 is 0. The predicted molar refractivity (Wildman–Crippen MR) is 87.2 cm³/mol. The molecule has 0 bridgehead atoms. The van der Waals surface area contributed by atoms with E-state index < -0.39 is 5.97 Å². The van der Waals surface area contributed by atoms with Crippen LogP contribution in [-0.4, -0.2) is 28.6 Å². The first-order valence-corrected chi connectivity index (χ1v) is 8.94. The number of carboxylic acids is 1. The largest absolute Gasteiger partial charge is 0.480 e. The number of hydrogen-bond donors (Lipinski definition) is 1. The van der Waals surface area contributed by atoms with Crippen LogP contribution in [0.25, 0.3) is 0 Å². The Kier molecular flexibility index (Phi) is 4.42. The fourth-order valence-corrected chi connectivity index (χ4v) is 5.00. The molecule has 3 rings (SSSR count). The van der Waals surface area contributed by atoms with Gasteiger partial charge in [-0.25, -0.2) is 0 Å². The molecule has 2 aromatic heterocycles. The van der Waals surface area contributed by atoms with Crippen LogP contribution in [-0.2, 0) is 4.79 Å². The number of piperidine rings is 1. The van der Waals surface area contributed by atoms with E-state index in [1.54, 1.807) is 22.7 Å². The van der Waals surface area contributed by atoms with Gasteiger partial charge >= 0.3 is 5.97 Å². The first-order valence-electron chi connectivity index (χ1n) is 7.25. The molecule has 1 saturated heterocycles. The van der Waals surface area contributed by atoms with Gasteiger partial charge in [-0.1, -0.05) is 12.5 Å². The van der Waals surface area contributed by atoms with Gasteiger partial charge in [0.2, 0.25) is 0 Å². The molecular formula is C16H19NO2S2. The summed E-state index contributed by atoms with van der Waals surface area (Å²) in [5, 5.41) is 11.6. The van der Waals surface area contributed by atoms with E-state index in [1.807, 2.05) is 6.07 Å². The Morgan fingerprint density at radius 2 is 2.19 bits per heavy atom. The van der Waals surface area contributed by atoms with Crippen molar-refractivity contribution < 1.29 is 9.90 Å². The highest BCUT2D eigenvalue weighted by atomic mass is 32.1. The Morgan fingerprint density at radius 3 is 2.81 bits per heavy atom. The summed E-state index contributed by atoms with van der Waals surface area (Å²) in [6.07, 6.45) is 2.84. The van der Waals surface area contributed by atoms with E-state index in [0.29, 0.717) is 0 Å². The lowest BCUT2D eigenvalue weighted by Crippen LogP contribution is -2.46. The maximum Gasteiger partial charge on any atom is 0.320 e. The summed E-state index contributed by atoms with van der Waals surface area (Å²) in [6, 6.07) is 8.17. The van der Waals surface area contributed by atoms with Gasteiger partial charge in [-0.3, -0.25) is 9.69 Å². The van der Waals surface area contributed by atoms with Crippen molar-refractivity contribution in [2.75, 3.05) is 6.54 Å². The van der Waals surface area contributed by atoms with Gasteiger partial charge in [0.15, 0.2) is 0 Å². The number of aryl methyl sites for hydroxylation is 1. The Bertz CT molecular complexity index is 606. The molecule has 1 N–H and O–H groups in total. The molecule has 3 heterocycles. The number of hydrogen-bond acceptors (Lipinski definition) is 4. The van der Waals surface area contributed by atoms with Crippen LogP contribution in [0.5, 0.6) is 0 Å². The van der Waals surface area contributed by atoms with E-state index in [2.05, 4.69) is 35.4 Å². The normalized spacial score (nSPS) is 21.3. The lowest BCUT2D eigenvalue weighted by molar-refractivity contribution is -0.145. The fourth-order valence-electron chi connectivity index (χ4n) is 3.04. The lowest BCUT2D eigenvalue weighted by Gasteiger charge is -2.38. The second-order valence-electron chi connectivity index (χ2n) is 5.45. The first kappa shape index (κ1) is 14.8. The molecule has 2 unspecified atom stereocenters. The zero-order chi connectivity index (χ0) is 14.8. The van der Waals surface area contributed by atoms with Crippen LogP contribution in [0.3, 0.4) is 0 Å². The fraction of sp³-hybridized carbons (Fsp3) is 0.438. The average molecular weight is 321 g/mol. The van der Waals surface area contributed by atoms with Crippen LogP contribution in [0.1, 0.15) is 39.9 Å². The van der Waals surface area contributed by atoms with Crippen LogP contribution >= 0.6 is 22.7 Å². The maximum atomic E-state index is 11.6. The molecule has 1 aliphatic rings. The van der Waals surface area contributed by atoms with Crippen molar-refractivity contribution in [3.63, 3.8) is 0 Å². The van der Waals surface area contributed by atoms with Crippen molar-refractivity contribution in [3.05, 3.63) is 44.3 Å². The molecule has 112 valence electrons. The lowest BCUT2D eigenvalue weighted by atomic mass is 9.98. The molecule has 0 aromatic carbocycles. The zero-order valence-electron chi connectivity index (χ0n) is 12.0. The summed E-state index contributed by atoms with van der Waals surface area (Å²) in [4.78, 5) is 17.6. The molecule has 21 heavy (non-hydrogen) atoms. The average Bonchev–Trinajstić information content (AvgIpc) is 3.12. The highest BCUT2D eigenvalue weighted by Crippen LogP contribution is 2.39. The summed E-state index contributed by atoms with van der Waals surface area (Å²) in [6.45, 7) is 2.96. The topological polar surface area (TPSA) is 40.5 Å². The van der Waals surface area contributed by atoms with Gasteiger partial charge in [-0.15, -0.1) is 22.7 Å². The number of carbonyl (C=O) groups is 1. The molecule has 0 radical (unpaired) electrons. The van der Waals surface area contributed by atoms with Gasteiger partial charge in [0, 0.05) is 14.6 Å². The minimum atomic E-state index is -0.690. The number of thiophene rings is 2. The summed E-state index contributed by atoms with van der Waals surface area (Å²) in [7, 11) is 0. The van der Waals surface area contributed by atoms with Crippen molar-refractivity contribution in [1.82, 2.24) is 4.90 Å². The molecular weight excluding hydrogens is 302 g/mol. The number of rotatable bonds is 4. The summed E-state index contributed by atoms with van der Waals surface area (Å²) in [5.74, 6) is -0.690. The van der Waals surface area contributed by atoms with E-state index in [-0.39, 0.29) is 12.1 Å². The van der Waals surface area contributed by atoms with E-state index in [1.165, 1.54) is 14.6 Å². The minimum absolute atomic E-state index is 0.0881. The van der Waals surface area contributed by atoms with Gasteiger partial charge < -0.3 is 5.11 Å². The van der Waals surface area contributed by atoms with E-state index >= 15 is 0 Å². The third kappa shape index (κ3) is 3.05. The van der Waals surface area contributed by atoms with Crippen LogP contribution in [0.4, 0.5) is 0 Å². The molecule has 1 fully saturated rings. The van der Waals surface area contributed by atoms with E-state index in [9.17, 15) is 9.90 Å². The highest BCUT2D eigenvalue weighted by molar-refractivity contribution is 7.12. The van der Waals surface area contributed by atoms with Crippen molar-refractivity contribution in [2.45, 2.75) is 38.3 Å². The smallest absolute Gasteiger partial charge is 0.320 e. The molecule has 0 saturated carbocycles. The molecule has 1 aliphatic heterocycles. The molecule has 2 aromatic rings. The molecule has 2 atom stereocenters. The molecule has 0 amide bonds. The third-order valence-corrected chi connectivity index (χ3v) is 5.98. The van der Waals surface area contributed by atoms with Gasteiger partial charge in [-0.05, 0) is 49.9 Å². The Labute approximate surface area is 132 Å². The quantitative estimate of drug-likeness (QED) is 0.920. The second-order valence-corrected chi connectivity index (χ2v) is 7.75. The third-order valence-electron chi connectivity index (χ3n) is 4.00. The Balaban J connectivity index is 2.00. The molecule has 5 heteroatoms. The van der Waals surface area contributed by atoms with Crippen LogP contribution < -0.4 is 0 Å². The Morgan fingerprint density at radius 1 is 1.33 bits per heavy atom. The summed E-state index contributed by atoms with van der Waals surface area (Å²) in [5.41, 5.74) is 0. The SMILES string of the molecule is Cc1ccc(C(c2cccs2)N2CCCCC2C(=O)O)s1. The van der Waals surface area contributed by atoms with Gasteiger partial charge in [0.25, 0.3) is 0 Å². The number of carboxylic acid groups (broad SMARTS) is 1. The standard InChI is InChI=1S/C16H19NO2S2/c1-11-7-8-14(21-11)15(13-6-4-10-20-13)17-9-3-2-5-12(17)16(18)19/h4,6-8,10,12,15H,2-3,5,9H2,1H3,(H,18,19). The first-order chi connectivity index (χ1) is 10.2. The Hall–Kier alpha value is -1.17. The van der Waals surface area contributed by atoms with Crippen molar-refractivity contribution in [2.24, 2.45) is 0 Å². The number of aliphatic carboxylic acids is 1. The van der Waals surface area contributed by atoms with Crippen LogP contribution in [0, 0.1) is 6.92 Å². The van der Waals surface area contributed by atoms with Crippen LogP contribution in [0.15, 0.2) is 29.6 Å². The predicted octanol–water partition coefficient (Wildman–Crippen LogP) is 4.15. The molecule has 3 nitrogen and oxygen atoms in total. The number of nitrogens with zero attached hydrogens (tertiary/aromatic N) is 1. The van der Waals surface area contributed by atoms with Crippen LogP contribution in [0.2, 0.25) is 0 Å². The van der Waals surface area contributed by atoms with Crippen molar-refractivity contribution in [3.8, 4) is 0 Å². The highest BCUT2D eigenvalue weighted by Gasteiger charge is 2.35. The van der Waals surface area contributed by atoms with Gasteiger partial charge in [0.05, 0.1) is 6.04 Å². The van der Waals surface area contributed by atoms with Gasteiger partial charge in [-0.2, -0.15) is 0 Å². The maximum absolute atomic E-state index is 11.6. The minimum Gasteiger partial charge on any atom is -0.480 e. The van der Waals surface area contributed by atoms with E-state index in [4.69, 9.17) is 0 Å². The monoisotopic (exact) mass is 321 g/mol. The second kappa shape index (κ2) is 6.30. The summed E-state index contributed by atoms with van der Waals surface area (Å²) >= 11 is 3.49. The van der Waals surface area contributed by atoms with Gasteiger partial charge in [0.1, 0.15) is 6.04 Å².